The summed E-state index contributed by atoms with van der Waals surface area (Å²) in [5.41, 5.74) is 8.86. The van der Waals surface area contributed by atoms with Gasteiger partial charge in [-0.15, -0.1) is 0 Å². The number of aromatic amines is 1. The molecule has 80 valence electrons. The second-order valence-corrected chi connectivity index (χ2v) is 3.99. The third kappa shape index (κ3) is 1.88. The van der Waals surface area contributed by atoms with Gasteiger partial charge in [-0.3, -0.25) is 0 Å². The van der Waals surface area contributed by atoms with E-state index in [-0.39, 0.29) is 0 Å². The summed E-state index contributed by atoms with van der Waals surface area (Å²) in [4.78, 5) is 7.92. The summed E-state index contributed by atoms with van der Waals surface area (Å²) in [6, 6.07) is 6.14. The van der Waals surface area contributed by atoms with Gasteiger partial charge in [0, 0.05) is 12.5 Å². The van der Waals surface area contributed by atoms with E-state index in [1.54, 1.807) is 0 Å². The Morgan fingerprint density at radius 1 is 1.47 bits per heavy atom. The number of nitrogens with two attached hydrogens (primary N) is 1. The molecule has 0 aliphatic heterocycles. The predicted molar refractivity (Wildman–Crippen MR) is 62.7 cm³/mol. The van der Waals surface area contributed by atoms with Crippen molar-refractivity contribution in [3.63, 3.8) is 0 Å². The topological polar surface area (TPSA) is 54.7 Å². The van der Waals surface area contributed by atoms with Crippen molar-refractivity contribution in [2.45, 2.75) is 32.7 Å². The lowest BCUT2D eigenvalue weighted by Crippen LogP contribution is -1.95. The average Bonchev–Trinajstić information content (AvgIpc) is 2.70. The van der Waals surface area contributed by atoms with Crippen LogP contribution in [0.1, 0.15) is 37.6 Å². The highest BCUT2D eigenvalue weighted by atomic mass is 14.9. The number of H-pyrrole nitrogens is 1. The molecule has 1 aromatic carbocycles. The van der Waals surface area contributed by atoms with E-state index in [1.165, 1.54) is 0 Å². The molecule has 3 N–H and O–H groups in total. The fraction of sp³-hybridized carbons (Fsp3) is 0.417. The van der Waals surface area contributed by atoms with Crippen LogP contribution in [0.5, 0.6) is 0 Å². The normalized spacial score (nSPS) is 13.3. The standard InChI is InChI=1S/C12H17N3/c1-3-8(2)12-14-10-5-4-9(7-13)6-11(10)15-12/h4-6,8H,3,7,13H2,1-2H3,(H,14,15). The minimum Gasteiger partial charge on any atom is -0.342 e. The first kappa shape index (κ1) is 10.2. The molecule has 3 heteroatoms. The van der Waals surface area contributed by atoms with Gasteiger partial charge in [0.2, 0.25) is 0 Å². The average molecular weight is 203 g/mol. The van der Waals surface area contributed by atoms with Gasteiger partial charge in [0.25, 0.3) is 0 Å². The van der Waals surface area contributed by atoms with Crippen LogP contribution >= 0.6 is 0 Å². The summed E-state index contributed by atoms with van der Waals surface area (Å²) in [5, 5.41) is 0. The number of rotatable bonds is 3. The maximum atomic E-state index is 5.60. The maximum absolute atomic E-state index is 5.60. The Hall–Kier alpha value is -1.35. The van der Waals surface area contributed by atoms with E-state index in [4.69, 9.17) is 5.73 Å². The number of hydrogen-bond acceptors (Lipinski definition) is 2. The minimum atomic E-state index is 0.485. The molecule has 0 amide bonds. The molecule has 0 radical (unpaired) electrons. The molecule has 0 aliphatic rings. The molecule has 1 heterocycles. The Bertz CT molecular complexity index is 459. The summed E-state index contributed by atoms with van der Waals surface area (Å²) < 4.78 is 0. The van der Waals surface area contributed by atoms with Crippen LogP contribution in [0.2, 0.25) is 0 Å². The molecule has 15 heavy (non-hydrogen) atoms. The molecule has 1 atom stereocenters. The quantitative estimate of drug-likeness (QED) is 0.805. The van der Waals surface area contributed by atoms with Gasteiger partial charge in [0.15, 0.2) is 0 Å². The second kappa shape index (κ2) is 4.03. The van der Waals surface area contributed by atoms with Gasteiger partial charge in [-0.1, -0.05) is 19.9 Å². The van der Waals surface area contributed by atoms with E-state index in [0.29, 0.717) is 12.5 Å². The Balaban J connectivity index is 2.46. The Kier molecular flexibility index (Phi) is 2.73. The molecule has 1 aromatic heterocycles. The molecule has 2 rings (SSSR count). The van der Waals surface area contributed by atoms with E-state index in [1.807, 2.05) is 12.1 Å². The summed E-state index contributed by atoms with van der Waals surface area (Å²) >= 11 is 0. The summed E-state index contributed by atoms with van der Waals surface area (Å²) in [6.45, 7) is 4.93. The molecule has 0 saturated heterocycles. The predicted octanol–water partition coefficient (Wildman–Crippen LogP) is 2.54. The van der Waals surface area contributed by atoms with Crippen LogP contribution in [0.3, 0.4) is 0 Å². The molecular weight excluding hydrogens is 186 g/mol. The van der Waals surface area contributed by atoms with Crippen molar-refractivity contribution < 1.29 is 0 Å². The van der Waals surface area contributed by atoms with Gasteiger partial charge in [-0.2, -0.15) is 0 Å². The zero-order valence-electron chi connectivity index (χ0n) is 9.25. The van der Waals surface area contributed by atoms with Gasteiger partial charge >= 0.3 is 0 Å². The van der Waals surface area contributed by atoms with Crippen molar-refractivity contribution in [1.29, 1.82) is 0 Å². The monoisotopic (exact) mass is 203 g/mol. The number of nitrogens with one attached hydrogen (secondary N) is 1. The van der Waals surface area contributed by atoms with Crippen LogP contribution in [0.4, 0.5) is 0 Å². The fourth-order valence-electron chi connectivity index (χ4n) is 1.63. The zero-order chi connectivity index (χ0) is 10.8. The SMILES string of the molecule is CCC(C)c1nc2ccc(CN)cc2[nH]1. The van der Waals surface area contributed by atoms with Crippen LogP contribution in [0, 0.1) is 0 Å². The molecule has 0 saturated carbocycles. The lowest BCUT2D eigenvalue weighted by molar-refractivity contribution is 0.692. The Labute approximate surface area is 89.7 Å². The van der Waals surface area contributed by atoms with Gasteiger partial charge in [0.05, 0.1) is 11.0 Å². The van der Waals surface area contributed by atoms with E-state index in [9.17, 15) is 0 Å². The molecular formula is C12H17N3. The first-order valence-corrected chi connectivity index (χ1v) is 5.43. The van der Waals surface area contributed by atoms with E-state index < -0.39 is 0 Å². The second-order valence-electron chi connectivity index (χ2n) is 3.99. The van der Waals surface area contributed by atoms with Crippen LogP contribution in [0.15, 0.2) is 18.2 Å². The first-order chi connectivity index (χ1) is 7.24. The number of aromatic nitrogens is 2. The van der Waals surface area contributed by atoms with Crippen LogP contribution in [-0.4, -0.2) is 9.97 Å². The molecule has 1 unspecified atom stereocenters. The molecule has 0 spiro atoms. The Morgan fingerprint density at radius 3 is 2.93 bits per heavy atom. The third-order valence-electron chi connectivity index (χ3n) is 2.88. The van der Waals surface area contributed by atoms with E-state index in [0.717, 1.165) is 28.8 Å². The highest BCUT2D eigenvalue weighted by Gasteiger charge is 2.08. The van der Waals surface area contributed by atoms with Crippen molar-refractivity contribution in [1.82, 2.24) is 9.97 Å². The van der Waals surface area contributed by atoms with Gasteiger partial charge in [0.1, 0.15) is 5.82 Å². The number of imidazole rings is 1. The van der Waals surface area contributed by atoms with Crippen LogP contribution < -0.4 is 5.73 Å². The van der Waals surface area contributed by atoms with E-state index in [2.05, 4.69) is 29.9 Å². The number of fused-ring (bicyclic) bond motifs is 1. The van der Waals surface area contributed by atoms with Crippen LogP contribution in [0.25, 0.3) is 11.0 Å². The summed E-state index contributed by atoms with van der Waals surface area (Å²) in [7, 11) is 0. The largest absolute Gasteiger partial charge is 0.342 e. The first-order valence-electron chi connectivity index (χ1n) is 5.43. The Morgan fingerprint density at radius 2 is 2.27 bits per heavy atom. The van der Waals surface area contributed by atoms with E-state index >= 15 is 0 Å². The summed E-state index contributed by atoms with van der Waals surface area (Å²) in [6.07, 6.45) is 1.10. The molecule has 0 fully saturated rings. The number of nitrogens with zero attached hydrogens (tertiary/aromatic N) is 1. The van der Waals surface area contributed by atoms with Crippen LogP contribution in [-0.2, 0) is 6.54 Å². The summed E-state index contributed by atoms with van der Waals surface area (Å²) in [5.74, 6) is 1.56. The highest BCUT2D eigenvalue weighted by Crippen LogP contribution is 2.20. The maximum Gasteiger partial charge on any atom is 0.110 e. The number of benzene rings is 1. The zero-order valence-corrected chi connectivity index (χ0v) is 9.25. The molecule has 3 nitrogen and oxygen atoms in total. The molecule has 0 aliphatic carbocycles. The van der Waals surface area contributed by atoms with Crippen molar-refractivity contribution in [3.05, 3.63) is 29.6 Å². The van der Waals surface area contributed by atoms with Crippen molar-refractivity contribution >= 4 is 11.0 Å². The van der Waals surface area contributed by atoms with Crippen molar-refractivity contribution in [3.8, 4) is 0 Å². The molecule has 2 aromatic rings. The highest BCUT2D eigenvalue weighted by molar-refractivity contribution is 5.75. The van der Waals surface area contributed by atoms with Gasteiger partial charge in [-0.05, 0) is 24.1 Å². The van der Waals surface area contributed by atoms with Gasteiger partial charge < -0.3 is 10.7 Å². The number of hydrogen-bond donors (Lipinski definition) is 2. The van der Waals surface area contributed by atoms with Crippen molar-refractivity contribution in [2.24, 2.45) is 5.73 Å². The minimum absolute atomic E-state index is 0.485. The lowest BCUT2D eigenvalue weighted by Gasteiger charge is -2.01. The third-order valence-corrected chi connectivity index (χ3v) is 2.88. The van der Waals surface area contributed by atoms with Gasteiger partial charge in [-0.25, -0.2) is 4.98 Å². The molecule has 0 bridgehead atoms. The smallest absolute Gasteiger partial charge is 0.110 e. The fourth-order valence-corrected chi connectivity index (χ4v) is 1.63. The van der Waals surface area contributed by atoms with Crippen molar-refractivity contribution in [2.75, 3.05) is 0 Å². The lowest BCUT2D eigenvalue weighted by atomic mass is 10.1.